The number of hydrogen-bond donors (Lipinski definition) is 1. The number of aromatic nitrogens is 2. The minimum Gasteiger partial charge on any atom is -0.457 e. The molecule has 0 aliphatic carbocycles. The van der Waals surface area contributed by atoms with E-state index in [0.717, 1.165) is 10.5 Å². The van der Waals surface area contributed by atoms with Crippen molar-refractivity contribution in [3.63, 3.8) is 0 Å². The molecule has 1 aliphatic heterocycles. The van der Waals surface area contributed by atoms with Gasteiger partial charge in [-0.15, -0.1) is 0 Å². The van der Waals surface area contributed by atoms with Crippen LogP contribution in [-0.4, -0.2) is 48.4 Å². The Hall–Kier alpha value is -5.45. The molecule has 1 amide bonds. The Labute approximate surface area is 294 Å². The first-order chi connectivity index (χ1) is 24.1. The van der Waals surface area contributed by atoms with Crippen LogP contribution in [0.15, 0.2) is 128 Å². The van der Waals surface area contributed by atoms with Crippen molar-refractivity contribution in [3.8, 4) is 0 Å². The predicted molar refractivity (Wildman–Crippen MR) is 194 cm³/mol. The Morgan fingerprint density at radius 3 is 2.00 bits per heavy atom. The molecule has 0 radical (unpaired) electrons. The van der Waals surface area contributed by atoms with Crippen LogP contribution in [0, 0.1) is 16.0 Å². The molecule has 254 valence electrons. The third-order valence-corrected chi connectivity index (χ3v) is 13.2. The van der Waals surface area contributed by atoms with Crippen LogP contribution < -0.4 is 15.9 Å². The molecule has 4 aromatic carbocycles. The number of rotatable bonds is 11. The maximum absolute atomic E-state index is 14.4. The van der Waals surface area contributed by atoms with Gasteiger partial charge in [-0.1, -0.05) is 109 Å². The number of amides is 1. The van der Waals surface area contributed by atoms with Crippen LogP contribution in [0.5, 0.6) is 0 Å². The number of esters is 2. The highest BCUT2D eigenvalue weighted by molar-refractivity contribution is 7.95. The van der Waals surface area contributed by atoms with Crippen molar-refractivity contribution in [1.82, 2.24) is 14.7 Å². The normalized spacial score (nSPS) is 16.2. The van der Waals surface area contributed by atoms with E-state index in [2.05, 4.69) is 5.10 Å². The predicted octanol–water partition coefficient (Wildman–Crippen LogP) is 4.45. The maximum Gasteiger partial charge on any atom is 0.350 e. The van der Waals surface area contributed by atoms with Crippen LogP contribution in [0.3, 0.4) is 0 Å². The lowest BCUT2D eigenvalue weighted by atomic mass is 9.89. The fourth-order valence-electron chi connectivity index (χ4n) is 6.29. The number of carbonyl (C=O) groups excluding carboxylic acids is 3. The first kappa shape index (κ1) is 34.4. The standard InChI is InChI=1S/C37H33N4O7PS/c1-25(42)48-33(27-22-38-39(2)23-27)32-34(43)40(35(32)50)37(41(45)46)49(28-16-8-4-9-17-28,29-18-10-5-11-19-29)31-21-13-12-20-30(31)36(44)47-24-26-14-6-3-7-15-26/h3-23,32-33,35,50H,24H2,1-2H3. The van der Waals surface area contributed by atoms with Crippen molar-refractivity contribution in [2.75, 3.05) is 0 Å². The third kappa shape index (κ3) is 6.35. The SMILES string of the molecule is CC(=O)OC(c1cnn(C)c1)C1C(=O)N(C([N+](=O)[O-])=P(c2ccccc2)(c2ccccc2)c2ccccc2C(=O)OCc2ccccc2)C1S. The zero-order valence-electron chi connectivity index (χ0n) is 27.1. The van der Waals surface area contributed by atoms with E-state index in [9.17, 15) is 24.5 Å². The highest BCUT2D eigenvalue weighted by Crippen LogP contribution is 2.52. The lowest BCUT2D eigenvalue weighted by molar-refractivity contribution is -0.360. The van der Waals surface area contributed by atoms with Gasteiger partial charge in [0.05, 0.1) is 23.6 Å². The molecule has 50 heavy (non-hydrogen) atoms. The van der Waals surface area contributed by atoms with Gasteiger partial charge in [-0.05, 0) is 22.2 Å². The summed E-state index contributed by atoms with van der Waals surface area (Å²) in [7, 11) is 1.68. The minimum absolute atomic E-state index is 0.0151. The monoisotopic (exact) mass is 708 g/mol. The fraction of sp³-hybridized carbons (Fsp3) is 0.162. The number of aryl methyl sites for hydroxylation is 1. The molecule has 13 heteroatoms. The number of benzene rings is 4. The Morgan fingerprint density at radius 1 is 0.920 bits per heavy atom. The molecule has 1 saturated heterocycles. The van der Waals surface area contributed by atoms with E-state index in [1.807, 2.05) is 30.3 Å². The van der Waals surface area contributed by atoms with Crippen LogP contribution in [0.1, 0.15) is 34.5 Å². The van der Waals surface area contributed by atoms with Gasteiger partial charge in [0.25, 0.3) is 0 Å². The van der Waals surface area contributed by atoms with E-state index in [-0.39, 0.29) is 12.2 Å². The molecule has 0 saturated carbocycles. The summed E-state index contributed by atoms with van der Waals surface area (Å²) in [5.41, 5.74) is 0.902. The summed E-state index contributed by atoms with van der Waals surface area (Å²) in [5, 5.41) is 18.1. The van der Waals surface area contributed by atoms with E-state index in [1.54, 1.807) is 98.2 Å². The summed E-state index contributed by atoms with van der Waals surface area (Å²) in [6.45, 7) is -2.50. The number of β-lactam (4-membered cyclic amide) rings is 1. The quantitative estimate of drug-likeness (QED) is 0.0532. The summed E-state index contributed by atoms with van der Waals surface area (Å²) in [6, 6.07) is 33.5. The maximum atomic E-state index is 14.4. The summed E-state index contributed by atoms with van der Waals surface area (Å²) in [4.78, 5) is 54.8. The van der Waals surface area contributed by atoms with Crippen molar-refractivity contribution in [2.24, 2.45) is 13.0 Å². The minimum atomic E-state index is -3.71. The van der Waals surface area contributed by atoms with Crippen molar-refractivity contribution >= 4 is 58.8 Å². The first-order valence-corrected chi connectivity index (χ1v) is 17.9. The molecule has 1 aliphatic rings. The summed E-state index contributed by atoms with van der Waals surface area (Å²) < 4.78 is 12.9. The number of thiol groups is 1. The van der Waals surface area contributed by atoms with Gasteiger partial charge >= 0.3 is 17.5 Å². The van der Waals surface area contributed by atoms with Gasteiger partial charge in [0.15, 0.2) is 0 Å². The van der Waals surface area contributed by atoms with Crippen molar-refractivity contribution < 1.29 is 28.8 Å². The lowest BCUT2D eigenvalue weighted by Gasteiger charge is -2.46. The molecular weight excluding hydrogens is 675 g/mol. The van der Waals surface area contributed by atoms with E-state index in [1.165, 1.54) is 17.8 Å². The second kappa shape index (κ2) is 14.6. The molecule has 0 N–H and O–H groups in total. The van der Waals surface area contributed by atoms with Gasteiger partial charge in [0.2, 0.25) is 5.91 Å². The van der Waals surface area contributed by atoms with Crippen molar-refractivity contribution in [2.45, 2.75) is 25.0 Å². The van der Waals surface area contributed by atoms with E-state index in [0.29, 0.717) is 21.5 Å². The lowest BCUT2D eigenvalue weighted by Crippen LogP contribution is -2.65. The highest BCUT2D eigenvalue weighted by atomic mass is 32.1. The van der Waals surface area contributed by atoms with Crippen molar-refractivity contribution in [1.29, 1.82) is 0 Å². The molecule has 0 spiro atoms. The highest BCUT2D eigenvalue weighted by Gasteiger charge is 2.59. The molecule has 2 heterocycles. The Kier molecular flexibility index (Phi) is 10.0. The van der Waals surface area contributed by atoms with Gasteiger partial charge in [0.1, 0.15) is 24.0 Å². The molecule has 1 aromatic heterocycles. The number of hydrogen-bond acceptors (Lipinski definition) is 9. The Balaban J connectivity index is 1.61. The summed E-state index contributed by atoms with van der Waals surface area (Å²) in [5.74, 6) is -3.04. The number of carbonyl (C=O) groups is 3. The zero-order valence-corrected chi connectivity index (χ0v) is 28.9. The molecule has 3 unspecified atom stereocenters. The van der Waals surface area contributed by atoms with Crippen LogP contribution in [-0.2, 0) is 32.7 Å². The van der Waals surface area contributed by atoms with Gasteiger partial charge in [-0.25, -0.2) is 9.69 Å². The molecule has 6 rings (SSSR count). The Morgan fingerprint density at radius 2 is 1.48 bits per heavy atom. The topological polar surface area (TPSA) is 134 Å². The van der Waals surface area contributed by atoms with Crippen LogP contribution in [0.25, 0.3) is 0 Å². The van der Waals surface area contributed by atoms with Gasteiger partial charge in [0, 0.05) is 31.0 Å². The number of nitrogens with zero attached hydrogens (tertiary/aromatic N) is 4. The smallest absolute Gasteiger partial charge is 0.350 e. The second-order valence-corrected chi connectivity index (χ2v) is 15.4. The Bertz CT molecular complexity index is 2060. The molecule has 11 nitrogen and oxygen atoms in total. The number of nitro groups is 1. The van der Waals surface area contributed by atoms with Gasteiger partial charge < -0.3 is 9.47 Å². The third-order valence-electron chi connectivity index (χ3n) is 8.44. The van der Waals surface area contributed by atoms with E-state index in [4.69, 9.17) is 22.1 Å². The largest absolute Gasteiger partial charge is 0.457 e. The number of ether oxygens (including phenoxy) is 2. The number of likely N-dealkylation sites (tertiary alicyclic amines) is 1. The van der Waals surface area contributed by atoms with E-state index >= 15 is 0 Å². The summed E-state index contributed by atoms with van der Waals surface area (Å²) in [6.07, 6.45) is 2.00. The second-order valence-electron chi connectivity index (χ2n) is 11.6. The molecule has 1 fully saturated rings. The zero-order chi connectivity index (χ0) is 35.4. The van der Waals surface area contributed by atoms with Crippen molar-refractivity contribution in [3.05, 3.63) is 154 Å². The van der Waals surface area contributed by atoms with E-state index < -0.39 is 52.6 Å². The van der Waals surface area contributed by atoms with Gasteiger partial charge in [-0.2, -0.15) is 17.7 Å². The molecule has 5 aromatic rings. The van der Waals surface area contributed by atoms with Crippen LogP contribution in [0.4, 0.5) is 0 Å². The molecule has 3 atom stereocenters. The van der Waals surface area contributed by atoms with Crippen LogP contribution >= 0.6 is 19.5 Å². The average Bonchev–Trinajstić information content (AvgIpc) is 3.57. The fourth-order valence-corrected chi connectivity index (χ4v) is 11.3. The first-order valence-electron chi connectivity index (χ1n) is 15.6. The molecule has 0 bridgehead atoms. The average molecular weight is 709 g/mol. The summed E-state index contributed by atoms with van der Waals surface area (Å²) >= 11 is 4.78. The van der Waals surface area contributed by atoms with Crippen LogP contribution in [0.2, 0.25) is 0 Å². The molecular formula is C37H33N4O7PS. The van der Waals surface area contributed by atoms with Gasteiger partial charge in [-0.3, -0.25) is 24.4 Å².